The lowest BCUT2D eigenvalue weighted by Crippen LogP contribution is -2.26. The third-order valence-electron chi connectivity index (χ3n) is 4.38. The van der Waals surface area contributed by atoms with Crippen LogP contribution in [0.3, 0.4) is 0 Å². The first-order valence-corrected chi connectivity index (χ1v) is 8.93. The molecule has 3 aromatic rings. The minimum Gasteiger partial charge on any atom is -0.497 e. The summed E-state index contributed by atoms with van der Waals surface area (Å²) < 4.78 is 15.6. The molecular weight excluding hydrogens is 358 g/mol. The zero-order chi connectivity index (χ0) is 19.9. The van der Waals surface area contributed by atoms with Gasteiger partial charge in [-0.25, -0.2) is 0 Å². The molecule has 7 nitrogen and oxygen atoms in total. The predicted octanol–water partition coefficient (Wildman–Crippen LogP) is 3.35. The molecule has 7 heteroatoms. The first-order valence-electron chi connectivity index (χ1n) is 8.93. The Morgan fingerprint density at radius 3 is 2.54 bits per heavy atom. The van der Waals surface area contributed by atoms with Gasteiger partial charge in [-0.3, -0.25) is 4.79 Å². The lowest BCUT2D eigenvalue weighted by atomic mass is 10.1. The van der Waals surface area contributed by atoms with Crippen LogP contribution in [0.4, 0.5) is 0 Å². The fourth-order valence-electron chi connectivity index (χ4n) is 2.72. The summed E-state index contributed by atoms with van der Waals surface area (Å²) >= 11 is 0. The average Bonchev–Trinajstić information content (AvgIpc) is 3.20. The van der Waals surface area contributed by atoms with Crippen LogP contribution in [0.25, 0.3) is 11.4 Å². The summed E-state index contributed by atoms with van der Waals surface area (Å²) in [4.78, 5) is 18.4. The van der Waals surface area contributed by atoms with Gasteiger partial charge in [-0.05, 0) is 36.2 Å². The predicted molar refractivity (Wildman–Crippen MR) is 104 cm³/mol. The van der Waals surface area contributed by atoms with E-state index in [1.54, 1.807) is 26.2 Å². The number of nitrogens with zero attached hydrogens (tertiary/aromatic N) is 3. The first kappa shape index (κ1) is 19.4. The molecule has 0 aliphatic carbocycles. The molecule has 28 heavy (non-hydrogen) atoms. The quantitative estimate of drug-likeness (QED) is 0.595. The second-order valence-corrected chi connectivity index (χ2v) is 6.34. The number of carbonyl (C=O) groups excluding carboxylic acids is 1. The number of hydrogen-bond acceptors (Lipinski definition) is 6. The van der Waals surface area contributed by atoms with Gasteiger partial charge in [0, 0.05) is 19.0 Å². The van der Waals surface area contributed by atoms with Crippen LogP contribution in [0.2, 0.25) is 0 Å². The van der Waals surface area contributed by atoms with E-state index in [9.17, 15) is 4.79 Å². The van der Waals surface area contributed by atoms with Crippen LogP contribution in [0.15, 0.2) is 53.1 Å². The maximum Gasteiger partial charge on any atom is 0.246 e. The van der Waals surface area contributed by atoms with Crippen molar-refractivity contribution in [2.45, 2.75) is 19.4 Å². The van der Waals surface area contributed by atoms with Gasteiger partial charge in [-0.1, -0.05) is 29.4 Å². The highest BCUT2D eigenvalue weighted by Crippen LogP contribution is 2.21. The van der Waals surface area contributed by atoms with E-state index in [0.717, 1.165) is 22.6 Å². The maximum atomic E-state index is 12.4. The Morgan fingerprint density at radius 2 is 1.82 bits per heavy atom. The van der Waals surface area contributed by atoms with Crippen LogP contribution < -0.4 is 9.47 Å². The highest BCUT2D eigenvalue weighted by molar-refractivity contribution is 5.76. The second-order valence-electron chi connectivity index (χ2n) is 6.34. The van der Waals surface area contributed by atoms with E-state index < -0.39 is 0 Å². The zero-order valence-electron chi connectivity index (χ0n) is 16.2. The molecule has 0 N–H and O–H groups in total. The number of benzene rings is 2. The summed E-state index contributed by atoms with van der Waals surface area (Å²) in [5.74, 6) is 2.38. The summed E-state index contributed by atoms with van der Waals surface area (Å²) in [5.41, 5.74) is 1.88. The van der Waals surface area contributed by atoms with Crippen LogP contribution in [-0.4, -0.2) is 42.2 Å². The number of methoxy groups -OCH3 is 2. The molecule has 3 rings (SSSR count). The van der Waals surface area contributed by atoms with Crippen molar-refractivity contribution in [3.63, 3.8) is 0 Å². The molecule has 0 bridgehead atoms. The SMILES string of the molecule is COc1ccc(CCC(=O)N(C)Cc2nc(-c3cccc(OC)c3)no2)cc1. The number of hydrogen-bond donors (Lipinski definition) is 0. The maximum absolute atomic E-state index is 12.4. The fourth-order valence-corrected chi connectivity index (χ4v) is 2.72. The Morgan fingerprint density at radius 1 is 1.07 bits per heavy atom. The highest BCUT2D eigenvalue weighted by atomic mass is 16.5. The molecule has 0 radical (unpaired) electrons. The van der Waals surface area contributed by atoms with Gasteiger partial charge in [0.05, 0.1) is 20.8 Å². The van der Waals surface area contributed by atoms with Gasteiger partial charge in [0.15, 0.2) is 0 Å². The molecule has 0 atom stereocenters. The van der Waals surface area contributed by atoms with Crippen molar-refractivity contribution in [1.29, 1.82) is 0 Å². The summed E-state index contributed by atoms with van der Waals surface area (Å²) in [5, 5.41) is 3.99. The Balaban J connectivity index is 1.55. The van der Waals surface area contributed by atoms with Crippen molar-refractivity contribution in [2.24, 2.45) is 0 Å². The topological polar surface area (TPSA) is 77.7 Å². The largest absolute Gasteiger partial charge is 0.497 e. The van der Waals surface area contributed by atoms with Gasteiger partial charge in [-0.15, -0.1) is 0 Å². The summed E-state index contributed by atoms with van der Waals surface area (Å²) in [7, 11) is 4.96. The lowest BCUT2D eigenvalue weighted by Gasteiger charge is -2.14. The standard InChI is InChI=1S/C21H23N3O4/c1-24(20(25)12-9-15-7-10-17(26-2)11-8-15)14-19-22-21(23-28-19)16-5-4-6-18(13-16)27-3/h4-8,10-11,13H,9,12,14H2,1-3H3. The van der Waals surface area contributed by atoms with Crippen molar-refractivity contribution in [2.75, 3.05) is 21.3 Å². The number of amides is 1. The Bertz CT molecular complexity index is 921. The Hall–Kier alpha value is -3.35. The van der Waals surface area contributed by atoms with E-state index in [-0.39, 0.29) is 12.5 Å². The van der Waals surface area contributed by atoms with Crippen LogP contribution in [0.1, 0.15) is 17.9 Å². The van der Waals surface area contributed by atoms with Crippen molar-refractivity contribution < 1.29 is 18.8 Å². The second kappa shape index (κ2) is 9.03. The van der Waals surface area contributed by atoms with E-state index >= 15 is 0 Å². The summed E-state index contributed by atoms with van der Waals surface area (Å²) in [6, 6.07) is 15.1. The van der Waals surface area contributed by atoms with Crippen LogP contribution in [-0.2, 0) is 17.8 Å². The van der Waals surface area contributed by atoms with E-state index in [1.165, 1.54) is 0 Å². The third-order valence-corrected chi connectivity index (χ3v) is 4.38. The van der Waals surface area contributed by atoms with E-state index in [2.05, 4.69) is 10.1 Å². The minimum atomic E-state index is 0.0111. The molecule has 1 amide bonds. The number of carbonyl (C=O) groups is 1. The monoisotopic (exact) mass is 381 g/mol. The molecule has 0 aliphatic rings. The lowest BCUT2D eigenvalue weighted by molar-refractivity contribution is -0.130. The van der Waals surface area contributed by atoms with E-state index in [4.69, 9.17) is 14.0 Å². The molecule has 0 unspecified atom stereocenters. The molecule has 2 aromatic carbocycles. The zero-order valence-corrected chi connectivity index (χ0v) is 16.2. The normalized spacial score (nSPS) is 10.5. The van der Waals surface area contributed by atoms with Crippen LogP contribution >= 0.6 is 0 Å². The van der Waals surface area contributed by atoms with Gasteiger partial charge in [-0.2, -0.15) is 4.98 Å². The number of aryl methyl sites for hydroxylation is 1. The van der Waals surface area contributed by atoms with Crippen molar-refractivity contribution in [3.8, 4) is 22.9 Å². The molecule has 0 spiro atoms. The molecule has 0 saturated carbocycles. The average molecular weight is 381 g/mol. The Kier molecular flexibility index (Phi) is 6.26. The smallest absolute Gasteiger partial charge is 0.246 e. The molecule has 146 valence electrons. The minimum absolute atomic E-state index is 0.0111. The Labute approximate surface area is 163 Å². The molecule has 1 aromatic heterocycles. The summed E-state index contributed by atoms with van der Waals surface area (Å²) in [6.07, 6.45) is 1.06. The number of aromatic nitrogens is 2. The van der Waals surface area contributed by atoms with Crippen molar-refractivity contribution in [3.05, 3.63) is 60.0 Å². The number of rotatable bonds is 8. The van der Waals surface area contributed by atoms with E-state index in [0.29, 0.717) is 24.6 Å². The highest BCUT2D eigenvalue weighted by Gasteiger charge is 2.15. The van der Waals surface area contributed by atoms with Gasteiger partial charge in [0.1, 0.15) is 11.5 Å². The molecule has 1 heterocycles. The van der Waals surface area contributed by atoms with Crippen molar-refractivity contribution >= 4 is 5.91 Å². The van der Waals surface area contributed by atoms with Gasteiger partial charge >= 0.3 is 0 Å². The summed E-state index contributed by atoms with van der Waals surface area (Å²) in [6.45, 7) is 0.262. The van der Waals surface area contributed by atoms with E-state index in [1.807, 2.05) is 48.5 Å². The molecule has 0 aliphatic heterocycles. The van der Waals surface area contributed by atoms with Crippen LogP contribution in [0.5, 0.6) is 11.5 Å². The molecule has 0 fully saturated rings. The first-order chi connectivity index (χ1) is 13.6. The fraction of sp³-hybridized carbons (Fsp3) is 0.286. The number of ether oxygens (including phenoxy) is 2. The van der Waals surface area contributed by atoms with Gasteiger partial charge in [0.25, 0.3) is 0 Å². The molecular formula is C21H23N3O4. The molecule has 0 saturated heterocycles. The van der Waals surface area contributed by atoms with Gasteiger partial charge < -0.3 is 18.9 Å². The third kappa shape index (κ3) is 4.88. The van der Waals surface area contributed by atoms with Crippen LogP contribution in [0, 0.1) is 0 Å². The van der Waals surface area contributed by atoms with Gasteiger partial charge in [0.2, 0.25) is 17.6 Å². The van der Waals surface area contributed by atoms with Crippen molar-refractivity contribution in [1.82, 2.24) is 15.0 Å².